The largest absolute Gasteiger partial charge is 0.444 e. The molecule has 2 heterocycles. The Hall–Kier alpha value is -1.10. The first-order valence-corrected chi connectivity index (χ1v) is 6.04. The summed E-state index contributed by atoms with van der Waals surface area (Å²) < 4.78 is 5.33. The molecule has 1 atom stereocenters. The van der Waals surface area contributed by atoms with Crippen molar-refractivity contribution >= 4 is 11.9 Å². The predicted molar refractivity (Wildman–Crippen MR) is 62.8 cm³/mol. The molecule has 2 aliphatic rings. The maximum Gasteiger partial charge on any atom is 0.410 e. The molecule has 0 aromatic rings. The Balaban J connectivity index is 1.94. The molecule has 2 saturated heterocycles. The number of hydrogen-bond acceptors (Lipinski definition) is 4. The molecule has 5 nitrogen and oxygen atoms in total. The van der Waals surface area contributed by atoms with Crippen LogP contribution in [0.3, 0.4) is 0 Å². The Morgan fingerprint density at radius 1 is 1.47 bits per heavy atom. The fourth-order valence-corrected chi connectivity index (χ4v) is 2.43. The molecule has 1 spiro atoms. The molecule has 2 rings (SSSR count). The monoisotopic (exact) mass is 240 g/mol. The van der Waals surface area contributed by atoms with Gasteiger partial charge in [0, 0.05) is 25.0 Å². The summed E-state index contributed by atoms with van der Waals surface area (Å²) >= 11 is 0. The van der Waals surface area contributed by atoms with Crippen molar-refractivity contribution in [1.82, 2.24) is 10.2 Å². The number of ether oxygens (including phenoxy) is 1. The van der Waals surface area contributed by atoms with Gasteiger partial charge in [-0.1, -0.05) is 0 Å². The van der Waals surface area contributed by atoms with E-state index in [1.54, 1.807) is 4.90 Å². The quantitative estimate of drug-likeness (QED) is 0.684. The summed E-state index contributed by atoms with van der Waals surface area (Å²) in [4.78, 5) is 24.9. The molecule has 96 valence electrons. The van der Waals surface area contributed by atoms with E-state index in [0.29, 0.717) is 26.1 Å². The van der Waals surface area contributed by atoms with Crippen LogP contribution in [0.1, 0.15) is 33.6 Å². The lowest BCUT2D eigenvalue weighted by atomic mass is 9.97. The number of ketones is 1. The van der Waals surface area contributed by atoms with Crippen LogP contribution in [-0.4, -0.2) is 47.6 Å². The van der Waals surface area contributed by atoms with E-state index in [1.807, 2.05) is 20.8 Å². The summed E-state index contributed by atoms with van der Waals surface area (Å²) in [7, 11) is 0. The molecule has 0 aromatic carbocycles. The van der Waals surface area contributed by atoms with Crippen molar-refractivity contribution in [3.63, 3.8) is 0 Å². The first kappa shape index (κ1) is 12.4. The summed E-state index contributed by atoms with van der Waals surface area (Å²) in [5.74, 6) is 0.232. The van der Waals surface area contributed by atoms with E-state index >= 15 is 0 Å². The van der Waals surface area contributed by atoms with E-state index in [1.165, 1.54) is 0 Å². The van der Waals surface area contributed by atoms with Crippen LogP contribution in [0.25, 0.3) is 0 Å². The third-order valence-corrected chi connectivity index (χ3v) is 3.20. The minimum absolute atomic E-state index is 0.187. The fourth-order valence-electron chi connectivity index (χ4n) is 2.43. The Morgan fingerprint density at radius 2 is 2.18 bits per heavy atom. The SMILES string of the molecule is CC(C)(C)OC(=O)N1CCC2(CC(=O)CN2)C1. The lowest BCUT2D eigenvalue weighted by molar-refractivity contribution is -0.116. The van der Waals surface area contributed by atoms with Crippen molar-refractivity contribution in [3.05, 3.63) is 0 Å². The van der Waals surface area contributed by atoms with Crippen LogP contribution in [0.2, 0.25) is 0 Å². The minimum Gasteiger partial charge on any atom is -0.444 e. The number of likely N-dealkylation sites (tertiary alicyclic amines) is 1. The van der Waals surface area contributed by atoms with Crippen molar-refractivity contribution in [2.24, 2.45) is 0 Å². The van der Waals surface area contributed by atoms with Crippen LogP contribution in [0.4, 0.5) is 4.79 Å². The van der Waals surface area contributed by atoms with Gasteiger partial charge in [-0.3, -0.25) is 4.79 Å². The zero-order valence-corrected chi connectivity index (χ0v) is 10.7. The first-order chi connectivity index (χ1) is 7.80. The molecule has 1 unspecified atom stereocenters. The molecular weight excluding hydrogens is 220 g/mol. The highest BCUT2D eigenvalue weighted by molar-refractivity contribution is 5.84. The number of carbonyl (C=O) groups is 2. The molecule has 1 N–H and O–H groups in total. The van der Waals surface area contributed by atoms with Gasteiger partial charge in [-0.05, 0) is 27.2 Å². The van der Waals surface area contributed by atoms with Crippen molar-refractivity contribution in [3.8, 4) is 0 Å². The number of Topliss-reactive ketones (excluding diaryl/α,β-unsaturated/α-hetero) is 1. The average molecular weight is 240 g/mol. The normalized spacial score (nSPS) is 29.1. The molecule has 0 bridgehead atoms. The molecule has 2 fully saturated rings. The van der Waals surface area contributed by atoms with Gasteiger partial charge in [0.2, 0.25) is 0 Å². The van der Waals surface area contributed by atoms with Crippen molar-refractivity contribution in [2.45, 2.75) is 44.8 Å². The van der Waals surface area contributed by atoms with Gasteiger partial charge in [0.1, 0.15) is 11.4 Å². The zero-order valence-electron chi connectivity index (χ0n) is 10.7. The number of nitrogens with one attached hydrogen (secondary N) is 1. The van der Waals surface area contributed by atoms with Gasteiger partial charge in [-0.2, -0.15) is 0 Å². The van der Waals surface area contributed by atoms with Gasteiger partial charge in [-0.25, -0.2) is 4.79 Å². The molecule has 0 radical (unpaired) electrons. The van der Waals surface area contributed by atoms with Crippen LogP contribution in [0.15, 0.2) is 0 Å². The summed E-state index contributed by atoms with van der Waals surface area (Å²) in [6, 6.07) is 0. The van der Waals surface area contributed by atoms with E-state index in [-0.39, 0.29) is 17.4 Å². The fraction of sp³-hybridized carbons (Fsp3) is 0.833. The third-order valence-electron chi connectivity index (χ3n) is 3.20. The molecule has 17 heavy (non-hydrogen) atoms. The molecule has 0 aliphatic carbocycles. The topological polar surface area (TPSA) is 58.6 Å². The van der Waals surface area contributed by atoms with Crippen LogP contribution < -0.4 is 5.32 Å². The highest BCUT2D eigenvalue weighted by atomic mass is 16.6. The molecule has 2 aliphatic heterocycles. The van der Waals surface area contributed by atoms with Gasteiger partial charge in [-0.15, -0.1) is 0 Å². The highest BCUT2D eigenvalue weighted by Gasteiger charge is 2.45. The van der Waals surface area contributed by atoms with E-state index in [0.717, 1.165) is 6.42 Å². The second kappa shape index (κ2) is 3.98. The Bertz CT molecular complexity index is 348. The van der Waals surface area contributed by atoms with Gasteiger partial charge in [0.15, 0.2) is 0 Å². The number of hydrogen-bond donors (Lipinski definition) is 1. The van der Waals surface area contributed by atoms with Gasteiger partial charge >= 0.3 is 6.09 Å². The maximum atomic E-state index is 11.9. The zero-order chi connectivity index (χ0) is 12.7. The number of rotatable bonds is 0. The Kier molecular flexibility index (Phi) is 2.89. The van der Waals surface area contributed by atoms with E-state index in [9.17, 15) is 9.59 Å². The number of nitrogens with zero attached hydrogens (tertiary/aromatic N) is 1. The van der Waals surface area contributed by atoms with Crippen molar-refractivity contribution in [2.75, 3.05) is 19.6 Å². The maximum absolute atomic E-state index is 11.9. The third kappa shape index (κ3) is 2.77. The summed E-state index contributed by atoms with van der Waals surface area (Å²) in [6.07, 6.45) is 1.08. The van der Waals surface area contributed by atoms with Gasteiger partial charge < -0.3 is 15.0 Å². The van der Waals surface area contributed by atoms with Gasteiger partial charge in [0.25, 0.3) is 0 Å². The second-order valence-corrected chi connectivity index (χ2v) is 6.00. The summed E-state index contributed by atoms with van der Waals surface area (Å²) in [5.41, 5.74) is -0.653. The standard InChI is InChI=1S/C12H20N2O3/c1-11(2,3)17-10(16)14-5-4-12(8-14)6-9(15)7-13-12/h13H,4-8H2,1-3H3. The second-order valence-electron chi connectivity index (χ2n) is 6.00. The molecule has 1 amide bonds. The Morgan fingerprint density at radius 3 is 2.71 bits per heavy atom. The molecule has 0 saturated carbocycles. The average Bonchev–Trinajstić information content (AvgIpc) is 2.72. The van der Waals surface area contributed by atoms with Crippen LogP contribution >= 0.6 is 0 Å². The molecule has 0 aromatic heterocycles. The minimum atomic E-state index is -0.467. The van der Waals surface area contributed by atoms with E-state index < -0.39 is 5.60 Å². The molecule has 5 heteroatoms. The number of amides is 1. The summed E-state index contributed by atoms with van der Waals surface area (Å²) in [5, 5.41) is 3.23. The van der Waals surface area contributed by atoms with Crippen molar-refractivity contribution < 1.29 is 14.3 Å². The van der Waals surface area contributed by atoms with Gasteiger partial charge in [0.05, 0.1) is 6.54 Å². The highest BCUT2D eigenvalue weighted by Crippen LogP contribution is 2.29. The van der Waals surface area contributed by atoms with Crippen LogP contribution in [-0.2, 0) is 9.53 Å². The van der Waals surface area contributed by atoms with E-state index in [4.69, 9.17) is 4.74 Å². The number of carbonyl (C=O) groups excluding carboxylic acids is 2. The molecular formula is C12H20N2O3. The van der Waals surface area contributed by atoms with Crippen molar-refractivity contribution in [1.29, 1.82) is 0 Å². The lowest BCUT2D eigenvalue weighted by Crippen LogP contribution is -2.44. The predicted octanol–water partition coefficient (Wildman–Crippen LogP) is 0.928. The van der Waals surface area contributed by atoms with E-state index in [2.05, 4.69) is 5.32 Å². The summed E-state index contributed by atoms with van der Waals surface area (Å²) in [6.45, 7) is 7.24. The lowest BCUT2D eigenvalue weighted by Gasteiger charge is -2.26. The smallest absolute Gasteiger partial charge is 0.410 e. The van der Waals surface area contributed by atoms with Crippen LogP contribution in [0.5, 0.6) is 0 Å². The van der Waals surface area contributed by atoms with Crippen LogP contribution in [0, 0.1) is 0 Å². The first-order valence-electron chi connectivity index (χ1n) is 6.04. The Labute approximate surface area is 101 Å².